The molecule has 0 bridgehead atoms. The molecule has 2 aromatic rings. The van der Waals surface area contributed by atoms with Crippen LogP contribution in [0, 0.1) is 0 Å². The Kier molecular flexibility index (Phi) is 4.49. The van der Waals surface area contributed by atoms with E-state index in [0.29, 0.717) is 5.95 Å². The third-order valence-electron chi connectivity index (χ3n) is 2.56. The normalized spacial score (nSPS) is 10.8. The van der Waals surface area contributed by atoms with Gasteiger partial charge < -0.3 is 5.11 Å². The summed E-state index contributed by atoms with van der Waals surface area (Å²) in [6.07, 6.45) is 3.20. The Labute approximate surface area is 116 Å². The first-order valence-corrected chi connectivity index (χ1v) is 6.35. The number of rotatable bonds is 5. The second kappa shape index (κ2) is 6.51. The number of phenolic OH excluding ortho intramolecular Hbond substituents is 1. The standard InChI is InChI=1S/C14H16N4O2/c1-2-4-11-8-13(20)17-14(16-11)18-15-9-10-5-3-6-12(19)7-10/h3,5-9,19H,2,4H2,1H3,(H2,16,17,18,20)/b15-9-. The molecule has 0 spiro atoms. The Hall–Kier alpha value is -2.63. The van der Waals surface area contributed by atoms with Gasteiger partial charge in [-0.15, -0.1) is 0 Å². The van der Waals surface area contributed by atoms with Crippen molar-refractivity contribution in [3.8, 4) is 5.75 Å². The minimum atomic E-state index is -0.210. The van der Waals surface area contributed by atoms with Gasteiger partial charge in [0.25, 0.3) is 5.56 Å². The number of hydrogen-bond donors (Lipinski definition) is 3. The molecular weight excluding hydrogens is 256 g/mol. The summed E-state index contributed by atoms with van der Waals surface area (Å²) in [7, 11) is 0. The topological polar surface area (TPSA) is 90.4 Å². The predicted molar refractivity (Wildman–Crippen MR) is 78.2 cm³/mol. The van der Waals surface area contributed by atoms with E-state index < -0.39 is 0 Å². The van der Waals surface area contributed by atoms with E-state index in [0.717, 1.165) is 24.1 Å². The molecule has 0 saturated carbocycles. The van der Waals surface area contributed by atoms with Gasteiger partial charge in [0.05, 0.1) is 6.21 Å². The van der Waals surface area contributed by atoms with Crippen molar-refractivity contribution in [1.82, 2.24) is 9.97 Å². The van der Waals surface area contributed by atoms with Crippen LogP contribution in [0.1, 0.15) is 24.6 Å². The summed E-state index contributed by atoms with van der Waals surface area (Å²) in [6, 6.07) is 8.16. The molecule has 0 saturated heterocycles. The van der Waals surface area contributed by atoms with Crippen molar-refractivity contribution < 1.29 is 5.11 Å². The van der Waals surface area contributed by atoms with Crippen LogP contribution in [0.4, 0.5) is 5.95 Å². The molecule has 6 nitrogen and oxygen atoms in total. The predicted octanol–water partition coefficient (Wildman–Crippen LogP) is 1.87. The van der Waals surface area contributed by atoms with Gasteiger partial charge in [0.15, 0.2) is 0 Å². The van der Waals surface area contributed by atoms with Gasteiger partial charge in [-0.1, -0.05) is 25.5 Å². The number of anilines is 1. The molecule has 0 unspecified atom stereocenters. The molecule has 0 radical (unpaired) electrons. The van der Waals surface area contributed by atoms with Crippen LogP contribution in [0.25, 0.3) is 0 Å². The molecule has 0 aliphatic rings. The number of nitrogens with one attached hydrogen (secondary N) is 2. The quantitative estimate of drug-likeness (QED) is 0.572. The molecule has 2 rings (SSSR count). The molecule has 1 aromatic heterocycles. The number of phenols is 1. The molecule has 0 aliphatic heterocycles. The Balaban J connectivity index is 2.08. The molecule has 20 heavy (non-hydrogen) atoms. The number of hydrogen-bond acceptors (Lipinski definition) is 5. The van der Waals surface area contributed by atoms with Gasteiger partial charge in [-0.25, -0.2) is 10.4 Å². The van der Waals surface area contributed by atoms with Gasteiger partial charge in [-0.3, -0.25) is 9.78 Å². The van der Waals surface area contributed by atoms with Gasteiger partial charge in [-0.2, -0.15) is 5.10 Å². The number of hydrazone groups is 1. The highest BCUT2D eigenvalue weighted by Crippen LogP contribution is 2.08. The van der Waals surface area contributed by atoms with Gasteiger partial charge in [0.2, 0.25) is 5.95 Å². The summed E-state index contributed by atoms with van der Waals surface area (Å²) in [5, 5.41) is 13.3. The Morgan fingerprint density at radius 3 is 3.05 bits per heavy atom. The Bertz CT molecular complexity index is 664. The first-order chi connectivity index (χ1) is 9.67. The average molecular weight is 272 g/mol. The Morgan fingerprint density at radius 2 is 2.30 bits per heavy atom. The number of aromatic amines is 1. The summed E-state index contributed by atoms with van der Waals surface area (Å²) in [4.78, 5) is 18.2. The Morgan fingerprint density at radius 1 is 1.45 bits per heavy atom. The van der Waals surface area contributed by atoms with Crippen LogP contribution < -0.4 is 11.0 Å². The average Bonchev–Trinajstić information content (AvgIpc) is 2.38. The van der Waals surface area contributed by atoms with E-state index in [1.165, 1.54) is 12.3 Å². The lowest BCUT2D eigenvalue weighted by Gasteiger charge is -2.02. The highest BCUT2D eigenvalue weighted by molar-refractivity contribution is 5.80. The van der Waals surface area contributed by atoms with E-state index in [9.17, 15) is 9.90 Å². The number of nitrogens with zero attached hydrogens (tertiary/aromatic N) is 2. The molecule has 1 heterocycles. The molecule has 0 aliphatic carbocycles. The number of benzene rings is 1. The fraction of sp³-hybridized carbons (Fsp3) is 0.214. The lowest BCUT2D eigenvalue weighted by atomic mass is 10.2. The van der Waals surface area contributed by atoms with E-state index in [2.05, 4.69) is 20.5 Å². The number of aromatic hydroxyl groups is 1. The molecular formula is C14H16N4O2. The van der Waals surface area contributed by atoms with Crippen LogP contribution in [0.2, 0.25) is 0 Å². The second-order valence-corrected chi connectivity index (χ2v) is 4.30. The largest absolute Gasteiger partial charge is 0.508 e. The van der Waals surface area contributed by atoms with E-state index in [1.54, 1.807) is 24.3 Å². The van der Waals surface area contributed by atoms with E-state index in [4.69, 9.17) is 0 Å². The van der Waals surface area contributed by atoms with E-state index in [1.807, 2.05) is 6.92 Å². The van der Waals surface area contributed by atoms with Gasteiger partial charge in [-0.05, 0) is 24.1 Å². The minimum Gasteiger partial charge on any atom is -0.508 e. The molecule has 1 aromatic carbocycles. The summed E-state index contributed by atoms with van der Waals surface area (Å²) in [5.41, 5.74) is 3.93. The third-order valence-corrected chi connectivity index (χ3v) is 2.56. The summed E-state index contributed by atoms with van der Waals surface area (Å²) < 4.78 is 0. The highest BCUT2D eigenvalue weighted by atomic mass is 16.3. The molecule has 0 amide bonds. The summed E-state index contributed by atoms with van der Waals surface area (Å²) >= 11 is 0. The van der Waals surface area contributed by atoms with E-state index in [-0.39, 0.29) is 11.3 Å². The van der Waals surface area contributed by atoms with Crippen LogP contribution in [0.3, 0.4) is 0 Å². The molecule has 6 heteroatoms. The van der Waals surface area contributed by atoms with Crippen molar-refractivity contribution >= 4 is 12.2 Å². The number of H-pyrrole nitrogens is 1. The van der Waals surface area contributed by atoms with Crippen LogP contribution >= 0.6 is 0 Å². The maximum atomic E-state index is 11.4. The molecule has 3 N–H and O–H groups in total. The smallest absolute Gasteiger partial charge is 0.252 e. The van der Waals surface area contributed by atoms with Crippen LogP contribution in [0.15, 0.2) is 40.2 Å². The number of aromatic nitrogens is 2. The highest BCUT2D eigenvalue weighted by Gasteiger charge is 1.99. The van der Waals surface area contributed by atoms with Crippen molar-refractivity contribution in [3.05, 3.63) is 51.9 Å². The second-order valence-electron chi connectivity index (χ2n) is 4.30. The lowest BCUT2D eigenvalue weighted by Crippen LogP contribution is -2.11. The third kappa shape index (κ3) is 3.94. The lowest BCUT2D eigenvalue weighted by molar-refractivity contribution is 0.475. The van der Waals surface area contributed by atoms with Crippen LogP contribution in [0.5, 0.6) is 5.75 Å². The molecule has 0 fully saturated rings. The number of aryl methyl sites for hydroxylation is 1. The van der Waals surface area contributed by atoms with Crippen molar-refractivity contribution in [2.45, 2.75) is 19.8 Å². The zero-order valence-corrected chi connectivity index (χ0v) is 11.1. The van der Waals surface area contributed by atoms with Crippen molar-refractivity contribution in [2.24, 2.45) is 5.10 Å². The fourth-order valence-electron chi connectivity index (χ4n) is 1.72. The van der Waals surface area contributed by atoms with Crippen LogP contribution in [-0.4, -0.2) is 21.3 Å². The van der Waals surface area contributed by atoms with Gasteiger partial charge >= 0.3 is 0 Å². The minimum absolute atomic E-state index is 0.172. The van der Waals surface area contributed by atoms with Crippen LogP contribution in [-0.2, 0) is 6.42 Å². The zero-order chi connectivity index (χ0) is 14.4. The first-order valence-electron chi connectivity index (χ1n) is 6.35. The molecule has 0 atom stereocenters. The van der Waals surface area contributed by atoms with Gasteiger partial charge in [0.1, 0.15) is 5.75 Å². The fourth-order valence-corrected chi connectivity index (χ4v) is 1.72. The van der Waals surface area contributed by atoms with Crippen molar-refractivity contribution in [3.63, 3.8) is 0 Å². The van der Waals surface area contributed by atoms with Crippen molar-refractivity contribution in [2.75, 3.05) is 5.43 Å². The summed E-state index contributed by atoms with van der Waals surface area (Å²) in [6.45, 7) is 2.02. The first kappa shape index (κ1) is 13.8. The monoisotopic (exact) mass is 272 g/mol. The zero-order valence-electron chi connectivity index (χ0n) is 11.1. The van der Waals surface area contributed by atoms with E-state index >= 15 is 0 Å². The maximum Gasteiger partial charge on any atom is 0.252 e. The van der Waals surface area contributed by atoms with Crippen molar-refractivity contribution in [1.29, 1.82) is 0 Å². The van der Waals surface area contributed by atoms with Gasteiger partial charge in [0, 0.05) is 11.8 Å². The molecule has 104 valence electrons. The maximum absolute atomic E-state index is 11.4. The SMILES string of the molecule is CCCc1cc(=O)[nH]c(N/N=C\c2cccc(O)c2)n1. The summed E-state index contributed by atoms with van der Waals surface area (Å²) in [5.74, 6) is 0.475.